The Balaban J connectivity index is 2.54. The standard InChI is InChI=1S/C23H41N3O7/c1-3-4-19-20(15-22(30)31)26(19)12-11-25(13-14-27)10-8-17(2)18(5-6-21(28)29)7-9-24-16-23(32)33/h14,17-20,24H,3-13,15-16H2,1-2H3,(H,28,29)(H,30,31)(H,32,33). The summed E-state index contributed by atoms with van der Waals surface area (Å²) in [6, 6.07) is 0.389. The SMILES string of the molecule is CCCC1C(CC(=O)O)N1CCN(CC=O)CCC(C)C(CCNCC(=O)O)CCC(=O)O. The summed E-state index contributed by atoms with van der Waals surface area (Å²) in [5.41, 5.74) is 0. The van der Waals surface area contributed by atoms with E-state index in [-0.39, 0.29) is 37.3 Å². The van der Waals surface area contributed by atoms with Crippen LogP contribution in [0.5, 0.6) is 0 Å². The molecule has 0 aromatic heterocycles. The van der Waals surface area contributed by atoms with E-state index in [9.17, 15) is 19.2 Å². The summed E-state index contributed by atoms with van der Waals surface area (Å²) in [5.74, 6) is -2.19. The first kappa shape index (κ1) is 29.0. The Hall–Kier alpha value is -2.04. The molecule has 0 saturated carbocycles. The third kappa shape index (κ3) is 12.1. The largest absolute Gasteiger partial charge is 0.481 e. The zero-order valence-electron chi connectivity index (χ0n) is 19.9. The van der Waals surface area contributed by atoms with Crippen LogP contribution in [0.1, 0.15) is 58.8 Å². The van der Waals surface area contributed by atoms with Crippen LogP contribution >= 0.6 is 0 Å². The Kier molecular flexibility index (Phi) is 13.8. The van der Waals surface area contributed by atoms with Crippen molar-refractivity contribution in [3.05, 3.63) is 0 Å². The van der Waals surface area contributed by atoms with Crippen LogP contribution < -0.4 is 5.32 Å². The number of carbonyl (C=O) groups excluding carboxylic acids is 1. The Morgan fingerprint density at radius 3 is 2.33 bits per heavy atom. The number of hydrogen-bond acceptors (Lipinski definition) is 7. The molecule has 0 spiro atoms. The summed E-state index contributed by atoms with van der Waals surface area (Å²) in [5, 5.41) is 29.8. The van der Waals surface area contributed by atoms with Gasteiger partial charge in [0.05, 0.1) is 19.5 Å². The molecule has 1 heterocycles. The van der Waals surface area contributed by atoms with E-state index in [2.05, 4.69) is 29.0 Å². The first-order valence-electron chi connectivity index (χ1n) is 12.0. The highest BCUT2D eigenvalue weighted by atomic mass is 16.4. The minimum Gasteiger partial charge on any atom is -0.481 e. The topological polar surface area (TPSA) is 147 Å². The van der Waals surface area contributed by atoms with Crippen molar-refractivity contribution in [1.29, 1.82) is 0 Å². The zero-order chi connectivity index (χ0) is 24.8. The van der Waals surface area contributed by atoms with Gasteiger partial charge < -0.3 is 25.4 Å². The molecule has 1 saturated heterocycles. The lowest BCUT2D eigenvalue weighted by atomic mass is 9.84. The number of carboxylic acid groups (broad SMARTS) is 3. The van der Waals surface area contributed by atoms with Gasteiger partial charge in [-0.15, -0.1) is 0 Å². The molecule has 0 bridgehead atoms. The Morgan fingerprint density at radius 1 is 1.03 bits per heavy atom. The van der Waals surface area contributed by atoms with E-state index in [4.69, 9.17) is 15.3 Å². The van der Waals surface area contributed by atoms with Gasteiger partial charge in [-0.05, 0) is 50.6 Å². The molecule has 10 nitrogen and oxygen atoms in total. The fraction of sp³-hybridized carbons (Fsp3) is 0.826. The molecule has 0 aliphatic carbocycles. The molecule has 0 amide bonds. The lowest BCUT2D eigenvalue weighted by molar-refractivity contribution is -0.138. The van der Waals surface area contributed by atoms with E-state index < -0.39 is 17.9 Å². The maximum atomic E-state index is 11.2. The molecular weight excluding hydrogens is 430 g/mol. The second-order valence-corrected chi connectivity index (χ2v) is 9.04. The van der Waals surface area contributed by atoms with Gasteiger partial charge in [0.15, 0.2) is 0 Å². The molecule has 0 radical (unpaired) electrons. The maximum absolute atomic E-state index is 11.2. The van der Waals surface area contributed by atoms with E-state index in [0.717, 1.165) is 32.1 Å². The van der Waals surface area contributed by atoms with Crippen LogP contribution in [0.4, 0.5) is 0 Å². The molecule has 0 aromatic carbocycles. The molecule has 0 aromatic rings. The normalized spacial score (nSPS) is 21.5. The number of nitrogens with zero attached hydrogens (tertiary/aromatic N) is 2. The predicted octanol–water partition coefficient (Wildman–Crippen LogP) is 1.39. The van der Waals surface area contributed by atoms with Crippen molar-refractivity contribution in [2.24, 2.45) is 11.8 Å². The van der Waals surface area contributed by atoms with Gasteiger partial charge in [-0.2, -0.15) is 0 Å². The van der Waals surface area contributed by atoms with Gasteiger partial charge in [-0.25, -0.2) is 0 Å². The molecule has 1 rings (SSSR count). The van der Waals surface area contributed by atoms with Crippen molar-refractivity contribution < 1.29 is 34.5 Å². The molecule has 33 heavy (non-hydrogen) atoms. The van der Waals surface area contributed by atoms with Crippen LogP contribution in [-0.4, -0.2) is 101 Å². The number of hydrogen-bond donors (Lipinski definition) is 4. The maximum Gasteiger partial charge on any atom is 0.317 e. The summed E-state index contributed by atoms with van der Waals surface area (Å²) in [4.78, 5) is 48.3. The third-order valence-electron chi connectivity index (χ3n) is 6.58. The van der Waals surface area contributed by atoms with E-state index in [1.54, 1.807) is 0 Å². The van der Waals surface area contributed by atoms with Gasteiger partial charge in [0.2, 0.25) is 0 Å². The van der Waals surface area contributed by atoms with Crippen molar-refractivity contribution >= 4 is 24.2 Å². The van der Waals surface area contributed by atoms with Crippen molar-refractivity contribution in [2.45, 2.75) is 70.9 Å². The summed E-state index contributed by atoms with van der Waals surface area (Å²) in [7, 11) is 0. The number of aldehydes is 1. The average Bonchev–Trinajstić information content (AvgIpc) is 3.38. The molecule has 1 fully saturated rings. The van der Waals surface area contributed by atoms with Gasteiger partial charge in [0.25, 0.3) is 0 Å². The summed E-state index contributed by atoms with van der Waals surface area (Å²) in [6.45, 7) is 6.97. The fourth-order valence-corrected chi connectivity index (χ4v) is 4.59. The minimum absolute atomic E-state index is 0.0741. The monoisotopic (exact) mass is 471 g/mol. The smallest absolute Gasteiger partial charge is 0.317 e. The molecule has 5 unspecified atom stereocenters. The van der Waals surface area contributed by atoms with Crippen LogP contribution in [0.25, 0.3) is 0 Å². The molecule has 190 valence electrons. The van der Waals surface area contributed by atoms with Crippen molar-refractivity contribution in [3.63, 3.8) is 0 Å². The highest BCUT2D eigenvalue weighted by Gasteiger charge is 2.46. The first-order valence-corrected chi connectivity index (χ1v) is 12.0. The van der Waals surface area contributed by atoms with Gasteiger partial charge in [-0.3, -0.25) is 24.2 Å². The summed E-state index contributed by atoms with van der Waals surface area (Å²) in [6.07, 6.45) is 5.11. The van der Waals surface area contributed by atoms with Crippen LogP contribution in [0.3, 0.4) is 0 Å². The summed E-state index contributed by atoms with van der Waals surface area (Å²) >= 11 is 0. The molecule has 1 aliphatic heterocycles. The van der Waals surface area contributed by atoms with Crippen LogP contribution in [0, 0.1) is 11.8 Å². The number of nitrogens with one attached hydrogen (secondary N) is 1. The molecule has 4 N–H and O–H groups in total. The number of rotatable bonds is 21. The van der Waals surface area contributed by atoms with E-state index in [1.807, 2.05) is 0 Å². The van der Waals surface area contributed by atoms with Gasteiger partial charge in [0.1, 0.15) is 6.29 Å². The second kappa shape index (κ2) is 15.7. The number of aliphatic carboxylic acids is 3. The van der Waals surface area contributed by atoms with Gasteiger partial charge >= 0.3 is 17.9 Å². The van der Waals surface area contributed by atoms with E-state index in [1.165, 1.54) is 0 Å². The average molecular weight is 472 g/mol. The van der Waals surface area contributed by atoms with Crippen molar-refractivity contribution in [3.8, 4) is 0 Å². The van der Waals surface area contributed by atoms with Crippen LogP contribution in [0.2, 0.25) is 0 Å². The quantitative estimate of drug-likeness (QED) is 0.110. The number of carbonyl (C=O) groups is 4. The Bertz CT molecular complexity index is 631. The van der Waals surface area contributed by atoms with Crippen LogP contribution in [-0.2, 0) is 19.2 Å². The molecule has 1 aliphatic rings. The highest BCUT2D eigenvalue weighted by Crippen LogP contribution is 2.34. The highest BCUT2D eigenvalue weighted by molar-refractivity contribution is 5.69. The molecular formula is C23H41N3O7. The molecule has 10 heteroatoms. The Morgan fingerprint density at radius 2 is 1.76 bits per heavy atom. The predicted molar refractivity (Wildman–Crippen MR) is 123 cm³/mol. The van der Waals surface area contributed by atoms with E-state index >= 15 is 0 Å². The van der Waals surface area contributed by atoms with Gasteiger partial charge in [-0.1, -0.05) is 20.3 Å². The second-order valence-electron chi connectivity index (χ2n) is 9.04. The van der Waals surface area contributed by atoms with E-state index in [0.29, 0.717) is 45.1 Å². The fourth-order valence-electron chi connectivity index (χ4n) is 4.59. The van der Waals surface area contributed by atoms with Crippen LogP contribution in [0.15, 0.2) is 0 Å². The molecule has 5 atom stereocenters. The summed E-state index contributed by atoms with van der Waals surface area (Å²) < 4.78 is 0. The third-order valence-corrected chi connectivity index (χ3v) is 6.58. The van der Waals surface area contributed by atoms with Crippen molar-refractivity contribution in [1.82, 2.24) is 15.1 Å². The number of carboxylic acids is 3. The minimum atomic E-state index is -0.923. The zero-order valence-corrected chi connectivity index (χ0v) is 19.9. The Labute approximate surface area is 196 Å². The lowest BCUT2D eigenvalue weighted by Crippen LogP contribution is -2.34. The van der Waals surface area contributed by atoms with Gasteiger partial charge in [0, 0.05) is 31.6 Å². The van der Waals surface area contributed by atoms with Crippen molar-refractivity contribution in [2.75, 3.05) is 39.3 Å². The first-order chi connectivity index (χ1) is 15.7. The lowest BCUT2D eigenvalue weighted by Gasteiger charge is -2.27.